The molecule has 1 heterocycles. The van der Waals surface area contributed by atoms with Crippen LogP contribution in [0.2, 0.25) is 0 Å². The van der Waals surface area contributed by atoms with Gasteiger partial charge >= 0.3 is 0 Å². The van der Waals surface area contributed by atoms with E-state index in [-0.39, 0.29) is 10.8 Å². The zero-order valence-corrected chi connectivity index (χ0v) is 17.3. The zero-order valence-electron chi connectivity index (χ0n) is 16.5. The summed E-state index contributed by atoms with van der Waals surface area (Å²) < 4.78 is 27.8. The lowest BCUT2D eigenvalue weighted by molar-refractivity contribution is -0.123. The first kappa shape index (κ1) is 20.8. The van der Waals surface area contributed by atoms with Crippen LogP contribution in [0.5, 0.6) is 0 Å². The number of hydrogen-bond donors (Lipinski definition) is 3. The van der Waals surface area contributed by atoms with Crippen molar-refractivity contribution in [3.63, 3.8) is 0 Å². The van der Waals surface area contributed by atoms with Gasteiger partial charge in [0.1, 0.15) is 6.04 Å². The van der Waals surface area contributed by atoms with E-state index in [2.05, 4.69) is 20.2 Å². The maximum Gasteiger partial charge on any atom is 0.258 e. The molecule has 0 saturated carbocycles. The molecule has 0 spiro atoms. The van der Waals surface area contributed by atoms with Crippen LogP contribution in [0.1, 0.15) is 25.0 Å². The Labute approximate surface area is 170 Å². The zero-order chi connectivity index (χ0) is 21.0. The molecule has 3 rings (SSSR count). The number of para-hydroxylation sites is 1. The van der Waals surface area contributed by atoms with Crippen molar-refractivity contribution in [2.24, 2.45) is 11.0 Å². The van der Waals surface area contributed by atoms with E-state index in [1.54, 1.807) is 32.2 Å². The molecule has 3 aromatic rings. The van der Waals surface area contributed by atoms with Crippen LogP contribution in [-0.4, -0.2) is 31.6 Å². The fourth-order valence-corrected chi connectivity index (χ4v) is 4.22. The standard InChI is InChI=1S/C21H24N4O3S/c1-14(2)20(25-29(27,28)17-10-8-15(3)9-11-17)21(26)24-23-13-16-12-22-19-7-5-4-6-18(16)19/h4-14,20,22,25H,1-3H3,(H,24,26)/b23-13-/t20-/m1/s1. The van der Waals surface area contributed by atoms with Gasteiger partial charge in [0.25, 0.3) is 5.91 Å². The SMILES string of the molecule is Cc1ccc(S(=O)(=O)N[C@@H](C(=O)N/N=C\c2c[nH]c3ccccc23)C(C)C)cc1. The minimum Gasteiger partial charge on any atom is -0.361 e. The molecule has 0 unspecified atom stereocenters. The quantitative estimate of drug-likeness (QED) is 0.411. The predicted octanol–water partition coefficient (Wildman–Crippen LogP) is 2.93. The highest BCUT2D eigenvalue weighted by molar-refractivity contribution is 7.89. The Morgan fingerprint density at radius 2 is 1.79 bits per heavy atom. The van der Waals surface area contributed by atoms with Crippen molar-refractivity contribution in [3.8, 4) is 0 Å². The third kappa shape index (κ3) is 4.90. The molecule has 0 aliphatic rings. The van der Waals surface area contributed by atoms with E-state index in [1.165, 1.54) is 18.3 Å². The monoisotopic (exact) mass is 412 g/mol. The molecular formula is C21H24N4O3S. The van der Waals surface area contributed by atoms with Gasteiger partial charge in [0.15, 0.2) is 0 Å². The Bertz CT molecular complexity index is 1130. The molecule has 3 N–H and O–H groups in total. The fraction of sp³-hybridized carbons (Fsp3) is 0.238. The Hall–Kier alpha value is -2.97. The van der Waals surface area contributed by atoms with Crippen molar-refractivity contribution >= 4 is 33.0 Å². The van der Waals surface area contributed by atoms with Gasteiger partial charge in [-0.3, -0.25) is 4.79 Å². The number of aryl methyl sites for hydroxylation is 1. The van der Waals surface area contributed by atoms with Gasteiger partial charge in [-0.2, -0.15) is 9.82 Å². The highest BCUT2D eigenvalue weighted by atomic mass is 32.2. The number of fused-ring (bicyclic) bond motifs is 1. The molecule has 7 nitrogen and oxygen atoms in total. The molecule has 0 fully saturated rings. The fourth-order valence-electron chi connectivity index (χ4n) is 2.88. The number of carbonyl (C=O) groups is 1. The number of nitrogens with one attached hydrogen (secondary N) is 3. The number of carbonyl (C=O) groups excluding carboxylic acids is 1. The first-order chi connectivity index (χ1) is 13.8. The molecule has 29 heavy (non-hydrogen) atoms. The van der Waals surface area contributed by atoms with Crippen LogP contribution in [0.4, 0.5) is 0 Å². The molecule has 8 heteroatoms. The number of sulfonamides is 1. The molecule has 152 valence electrons. The van der Waals surface area contributed by atoms with Crippen LogP contribution in [0.25, 0.3) is 10.9 Å². The van der Waals surface area contributed by atoms with Crippen molar-refractivity contribution in [2.45, 2.75) is 31.7 Å². The van der Waals surface area contributed by atoms with Crippen molar-refractivity contribution in [1.82, 2.24) is 15.1 Å². The van der Waals surface area contributed by atoms with Gasteiger partial charge in [0.2, 0.25) is 10.0 Å². The van der Waals surface area contributed by atoms with Crippen LogP contribution in [-0.2, 0) is 14.8 Å². The van der Waals surface area contributed by atoms with Crippen LogP contribution in [0.3, 0.4) is 0 Å². The van der Waals surface area contributed by atoms with Gasteiger partial charge in [-0.05, 0) is 31.0 Å². The molecule has 1 amide bonds. The third-order valence-electron chi connectivity index (χ3n) is 4.56. The maximum absolute atomic E-state index is 12.6. The van der Waals surface area contributed by atoms with E-state index in [1.807, 2.05) is 31.2 Å². The maximum atomic E-state index is 12.6. The van der Waals surface area contributed by atoms with Crippen LogP contribution in [0, 0.1) is 12.8 Å². The average Bonchev–Trinajstić information content (AvgIpc) is 3.09. The summed E-state index contributed by atoms with van der Waals surface area (Å²) in [4.78, 5) is 15.8. The summed E-state index contributed by atoms with van der Waals surface area (Å²) in [6.45, 7) is 5.41. The normalized spacial score (nSPS) is 13.2. The van der Waals surface area contributed by atoms with Gasteiger partial charge < -0.3 is 4.98 Å². The number of aromatic nitrogens is 1. The van der Waals surface area contributed by atoms with E-state index < -0.39 is 22.0 Å². The highest BCUT2D eigenvalue weighted by Crippen LogP contribution is 2.16. The van der Waals surface area contributed by atoms with E-state index in [9.17, 15) is 13.2 Å². The molecular weight excluding hydrogens is 388 g/mol. The summed E-state index contributed by atoms with van der Waals surface area (Å²) >= 11 is 0. The molecule has 0 aliphatic carbocycles. The Morgan fingerprint density at radius 1 is 1.10 bits per heavy atom. The first-order valence-corrected chi connectivity index (χ1v) is 10.7. The third-order valence-corrected chi connectivity index (χ3v) is 6.02. The number of aromatic amines is 1. The Kier molecular flexibility index (Phi) is 6.14. The number of rotatable bonds is 7. The predicted molar refractivity (Wildman–Crippen MR) is 114 cm³/mol. The highest BCUT2D eigenvalue weighted by Gasteiger charge is 2.28. The van der Waals surface area contributed by atoms with Crippen LogP contribution in [0.15, 0.2) is 64.7 Å². The van der Waals surface area contributed by atoms with Crippen molar-refractivity contribution in [3.05, 3.63) is 65.9 Å². The minimum absolute atomic E-state index is 0.115. The first-order valence-electron chi connectivity index (χ1n) is 9.26. The number of benzene rings is 2. The molecule has 0 aliphatic heterocycles. The number of H-pyrrole nitrogens is 1. The molecule has 0 radical (unpaired) electrons. The van der Waals surface area contributed by atoms with Gasteiger partial charge in [0.05, 0.1) is 11.1 Å². The number of nitrogens with zero attached hydrogens (tertiary/aromatic N) is 1. The average molecular weight is 413 g/mol. The van der Waals surface area contributed by atoms with Crippen molar-refractivity contribution in [1.29, 1.82) is 0 Å². The van der Waals surface area contributed by atoms with E-state index in [4.69, 9.17) is 0 Å². The number of amides is 1. The molecule has 0 saturated heterocycles. The summed E-state index contributed by atoms with van der Waals surface area (Å²) in [5.74, 6) is -0.787. The van der Waals surface area contributed by atoms with Gasteiger partial charge in [-0.1, -0.05) is 49.7 Å². The summed E-state index contributed by atoms with van der Waals surface area (Å²) in [7, 11) is -3.83. The van der Waals surface area contributed by atoms with Crippen LogP contribution < -0.4 is 10.1 Å². The largest absolute Gasteiger partial charge is 0.361 e. The summed E-state index contributed by atoms with van der Waals surface area (Å²) in [5.41, 5.74) is 5.18. The van der Waals surface area contributed by atoms with E-state index in [0.717, 1.165) is 22.0 Å². The van der Waals surface area contributed by atoms with Gasteiger partial charge in [0, 0.05) is 22.7 Å². The minimum atomic E-state index is -3.83. The van der Waals surface area contributed by atoms with E-state index in [0.29, 0.717) is 0 Å². The van der Waals surface area contributed by atoms with Crippen LogP contribution >= 0.6 is 0 Å². The lowest BCUT2D eigenvalue weighted by atomic mass is 10.1. The molecule has 1 aromatic heterocycles. The number of hydrazone groups is 1. The lowest BCUT2D eigenvalue weighted by Gasteiger charge is -2.20. The summed E-state index contributed by atoms with van der Waals surface area (Å²) in [5, 5.41) is 4.98. The smallest absolute Gasteiger partial charge is 0.258 e. The molecule has 0 bridgehead atoms. The van der Waals surface area contributed by atoms with E-state index >= 15 is 0 Å². The van der Waals surface area contributed by atoms with Gasteiger partial charge in [-0.15, -0.1) is 0 Å². The summed E-state index contributed by atoms with van der Waals surface area (Å²) in [6.07, 6.45) is 3.32. The van der Waals surface area contributed by atoms with Crippen molar-refractivity contribution in [2.75, 3.05) is 0 Å². The Balaban J connectivity index is 1.71. The lowest BCUT2D eigenvalue weighted by Crippen LogP contribution is -2.48. The topological polar surface area (TPSA) is 103 Å². The Morgan fingerprint density at radius 3 is 2.48 bits per heavy atom. The number of hydrogen-bond acceptors (Lipinski definition) is 4. The van der Waals surface area contributed by atoms with Crippen molar-refractivity contribution < 1.29 is 13.2 Å². The molecule has 1 atom stereocenters. The second-order valence-corrected chi connectivity index (χ2v) is 8.89. The van der Waals surface area contributed by atoms with Gasteiger partial charge in [-0.25, -0.2) is 13.8 Å². The second kappa shape index (κ2) is 8.59. The second-order valence-electron chi connectivity index (χ2n) is 7.18. The summed E-state index contributed by atoms with van der Waals surface area (Å²) in [6, 6.07) is 13.2. The molecule has 2 aromatic carbocycles.